The summed E-state index contributed by atoms with van der Waals surface area (Å²) >= 11 is 4.78. The average Bonchev–Trinajstić information content (AvgIpc) is 3.17. The summed E-state index contributed by atoms with van der Waals surface area (Å²) in [6.45, 7) is -0.102. The molecule has 0 radical (unpaired) electrons. The number of benzene rings is 2. The molecular formula is C20H14BrN3O3S. The van der Waals surface area contributed by atoms with Crippen molar-refractivity contribution in [1.82, 2.24) is 9.55 Å². The molecule has 0 saturated heterocycles. The normalized spacial score (nSPS) is 10.8. The third-order valence-corrected chi connectivity index (χ3v) is 5.30. The maximum Gasteiger partial charge on any atom is 0.262 e. The van der Waals surface area contributed by atoms with Crippen LogP contribution >= 0.6 is 27.3 Å². The maximum absolute atomic E-state index is 12.3. The number of anilines is 1. The molecule has 1 N–H and O–H groups in total. The number of ether oxygens (including phenoxy) is 1. The molecule has 2 aromatic carbocycles. The van der Waals surface area contributed by atoms with E-state index in [1.54, 1.807) is 35.7 Å². The molecule has 4 rings (SSSR count). The summed E-state index contributed by atoms with van der Waals surface area (Å²) in [6.07, 6.45) is 1.40. The number of carbonyl (C=O) groups is 1. The Hall–Kier alpha value is -2.97. The number of aromatic nitrogens is 2. The molecule has 0 atom stereocenters. The second-order valence-corrected chi connectivity index (χ2v) is 7.76. The van der Waals surface area contributed by atoms with Crippen LogP contribution in [0.3, 0.4) is 0 Å². The lowest BCUT2D eigenvalue weighted by Crippen LogP contribution is -2.27. The summed E-state index contributed by atoms with van der Waals surface area (Å²) in [5, 5.41) is 5.10. The summed E-state index contributed by atoms with van der Waals surface area (Å²) in [5.74, 6) is 1.07. The Bertz CT molecular complexity index is 1180. The number of fused-ring (bicyclic) bond motifs is 1. The first-order valence-electron chi connectivity index (χ1n) is 8.34. The highest BCUT2D eigenvalue weighted by Crippen LogP contribution is 2.24. The molecule has 0 aliphatic carbocycles. The minimum Gasteiger partial charge on any atom is -0.457 e. The van der Waals surface area contributed by atoms with Gasteiger partial charge in [-0.05, 0) is 60.0 Å². The van der Waals surface area contributed by atoms with Crippen LogP contribution in [0.4, 0.5) is 5.69 Å². The number of thiophene rings is 1. The Kier molecular flexibility index (Phi) is 5.23. The molecule has 0 aliphatic rings. The monoisotopic (exact) mass is 455 g/mol. The van der Waals surface area contributed by atoms with Crippen LogP contribution in [0.1, 0.15) is 0 Å². The molecule has 2 aromatic heterocycles. The van der Waals surface area contributed by atoms with E-state index in [9.17, 15) is 9.59 Å². The van der Waals surface area contributed by atoms with Crippen LogP contribution in [0.2, 0.25) is 0 Å². The van der Waals surface area contributed by atoms with Gasteiger partial charge in [0.2, 0.25) is 5.91 Å². The van der Waals surface area contributed by atoms with Gasteiger partial charge in [0, 0.05) is 10.2 Å². The van der Waals surface area contributed by atoms with Gasteiger partial charge in [-0.25, -0.2) is 4.98 Å². The summed E-state index contributed by atoms with van der Waals surface area (Å²) in [6, 6.07) is 16.2. The molecule has 0 spiro atoms. The van der Waals surface area contributed by atoms with Gasteiger partial charge < -0.3 is 10.1 Å². The van der Waals surface area contributed by atoms with Crippen molar-refractivity contribution in [2.24, 2.45) is 0 Å². The Balaban J connectivity index is 1.40. The minimum absolute atomic E-state index is 0.102. The second-order valence-electron chi connectivity index (χ2n) is 5.95. The Labute approximate surface area is 172 Å². The molecule has 4 aromatic rings. The first kappa shape index (κ1) is 18.4. The quantitative estimate of drug-likeness (QED) is 0.475. The van der Waals surface area contributed by atoms with Crippen molar-refractivity contribution in [2.75, 3.05) is 5.32 Å². The molecule has 0 unspecified atom stereocenters. The zero-order valence-corrected chi connectivity index (χ0v) is 16.9. The lowest BCUT2D eigenvalue weighted by molar-refractivity contribution is -0.116. The number of carbonyl (C=O) groups excluding carboxylic acids is 1. The molecular weight excluding hydrogens is 442 g/mol. The number of halogens is 1. The number of amides is 1. The van der Waals surface area contributed by atoms with Gasteiger partial charge in [-0.2, -0.15) is 0 Å². The van der Waals surface area contributed by atoms with Gasteiger partial charge in [-0.3, -0.25) is 14.2 Å². The Morgan fingerprint density at radius 2 is 1.75 bits per heavy atom. The van der Waals surface area contributed by atoms with Gasteiger partial charge in [0.25, 0.3) is 5.56 Å². The van der Waals surface area contributed by atoms with E-state index in [1.807, 2.05) is 24.3 Å². The van der Waals surface area contributed by atoms with E-state index in [1.165, 1.54) is 22.2 Å². The van der Waals surface area contributed by atoms with Crippen LogP contribution in [0.15, 0.2) is 75.6 Å². The summed E-state index contributed by atoms with van der Waals surface area (Å²) in [7, 11) is 0. The Morgan fingerprint density at radius 1 is 1.07 bits per heavy atom. The molecule has 140 valence electrons. The van der Waals surface area contributed by atoms with E-state index in [2.05, 4.69) is 26.2 Å². The minimum atomic E-state index is -0.306. The lowest BCUT2D eigenvalue weighted by Gasteiger charge is -2.09. The number of hydrogen-bond acceptors (Lipinski definition) is 5. The number of rotatable bonds is 5. The first-order chi connectivity index (χ1) is 13.6. The predicted octanol–water partition coefficient (Wildman–Crippen LogP) is 4.65. The molecule has 0 bridgehead atoms. The summed E-state index contributed by atoms with van der Waals surface area (Å²) in [4.78, 5) is 29.5. The van der Waals surface area contributed by atoms with Crippen molar-refractivity contribution < 1.29 is 9.53 Å². The zero-order valence-electron chi connectivity index (χ0n) is 14.5. The molecule has 0 aliphatic heterocycles. The van der Waals surface area contributed by atoms with E-state index in [0.717, 1.165) is 10.2 Å². The highest BCUT2D eigenvalue weighted by Gasteiger charge is 2.09. The molecule has 0 saturated carbocycles. The zero-order chi connectivity index (χ0) is 19.5. The van der Waals surface area contributed by atoms with Crippen LogP contribution in [-0.2, 0) is 11.3 Å². The van der Waals surface area contributed by atoms with Crippen LogP contribution in [0, 0.1) is 0 Å². The average molecular weight is 456 g/mol. The van der Waals surface area contributed by atoms with E-state index in [4.69, 9.17) is 4.74 Å². The summed E-state index contributed by atoms with van der Waals surface area (Å²) in [5.41, 5.74) is 0.394. The molecule has 2 heterocycles. The van der Waals surface area contributed by atoms with Crippen molar-refractivity contribution in [3.8, 4) is 11.5 Å². The van der Waals surface area contributed by atoms with Crippen molar-refractivity contribution in [3.63, 3.8) is 0 Å². The van der Waals surface area contributed by atoms with Crippen molar-refractivity contribution in [2.45, 2.75) is 6.54 Å². The van der Waals surface area contributed by atoms with Gasteiger partial charge in [0.05, 0.1) is 11.7 Å². The van der Waals surface area contributed by atoms with E-state index in [0.29, 0.717) is 21.7 Å². The Morgan fingerprint density at radius 3 is 2.46 bits per heavy atom. The van der Waals surface area contributed by atoms with Crippen molar-refractivity contribution in [1.29, 1.82) is 0 Å². The fourth-order valence-electron chi connectivity index (χ4n) is 2.61. The van der Waals surface area contributed by atoms with Gasteiger partial charge in [0.15, 0.2) is 0 Å². The maximum atomic E-state index is 12.3. The standard InChI is InChI=1S/C20H14BrN3O3S/c21-13-1-5-15(6-2-13)27-16-7-3-14(4-8-16)23-18(25)11-24-12-22-19-17(20(24)26)9-10-28-19/h1-10,12H,11H2,(H,23,25). The largest absolute Gasteiger partial charge is 0.457 e. The van der Waals surface area contributed by atoms with Crippen LogP contribution < -0.4 is 15.6 Å². The van der Waals surface area contributed by atoms with E-state index < -0.39 is 0 Å². The van der Waals surface area contributed by atoms with E-state index in [-0.39, 0.29) is 18.0 Å². The fraction of sp³-hybridized carbons (Fsp3) is 0.0500. The van der Waals surface area contributed by atoms with Crippen molar-refractivity contribution >= 4 is 49.1 Å². The number of hydrogen-bond donors (Lipinski definition) is 1. The summed E-state index contributed by atoms with van der Waals surface area (Å²) < 4.78 is 8.03. The molecule has 1 amide bonds. The molecule has 0 fully saturated rings. The second kappa shape index (κ2) is 7.95. The van der Waals surface area contributed by atoms with Gasteiger partial charge in [-0.1, -0.05) is 15.9 Å². The lowest BCUT2D eigenvalue weighted by atomic mass is 10.3. The van der Waals surface area contributed by atoms with Crippen LogP contribution in [-0.4, -0.2) is 15.5 Å². The number of nitrogens with one attached hydrogen (secondary N) is 1. The predicted molar refractivity (Wildman–Crippen MR) is 113 cm³/mol. The van der Waals surface area contributed by atoms with Crippen molar-refractivity contribution in [3.05, 3.63) is 81.1 Å². The van der Waals surface area contributed by atoms with Gasteiger partial charge >= 0.3 is 0 Å². The third kappa shape index (κ3) is 4.13. The number of nitrogens with zero attached hydrogens (tertiary/aromatic N) is 2. The highest BCUT2D eigenvalue weighted by atomic mass is 79.9. The van der Waals surface area contributed by atoms with Gasteiger partial charge in [-0.15, -0.1) is 11.3 Å². The molecule has 28 heavy (non-hydrogen) atoms. The molecule has 6 nitrogen and oxygen atoms in total. The highest BCUT2D eigenvalue weighted by molar-refractivity contribution is 9.10. The smallest absolute Gasteiger partial charge is 0.262 e. The topological polar surface area (TPSA) is 73.2 Å². The molecule has 8 heteroatoms. The van der Waals surface area contributed by atoms with E-state index >= 15 is 0 Å². The SMILES string of the molecule is O=C(Cn1cnc2sccc2c1=O)Nc1ccc(Oc2ccc(Br)cc2)cc1. The third-order valence-electron chi connectivity index (χ3n) is 3.95. The van der Waals surface area contributed by atoms with Crippen LogP contribution in [0.5, 0.6) is 11.5 Å². The van der Waals surface area contributed by atoms with Crippen LogP contribution in [0.25, 0.3) is 10.2 Å². The fourth-order valence-corrected chi connectivity index (χ4v) is 3.59. The van der Waals surface area contributed by atoms with Gasteiger partial charge in [0.1, 0.15) is 22.9 Å². The first-order valence-corrected chi connectivity index (χ1v) is 10.0.